The van der Waals surface area contributed by atoms with Gasteiger partial charge < -0.3 is 19.3 Å². The number of methoxy groups -OCH3 is 2. The van der Waals surface area contributed by atoms with E-state index >= 15 is 0 Å². The molecule has 0 heterocycles. The summed E-state index contributed by atoms with van der Waals surface area (Å²) in [6, 6.07) is 5.94. The van der Waals surface area contributed by atoms with E-state index in [0.717, 1.165) is 30.2 Å². The number of hydrogen-bond donors (Lipinski definition) is 1. The molecule has 0 spiro atoms. The van der Waals surface area contributed by atoms with Crippen molar-refractivity contribution in [3.8, 4) is 11.5 Å². The van der Waals surface area contributed by atoms with E-state index in [-0.39, 0.29) is 5.60 Å². The number of nitrogens with zero attached hydrogens (tertiary/aromatic N) is 1. The van der Waals surface area contributed by atoms with Crippen LogP contribution >= 0.6 is 0 Å². The van der Waals surface area contributed by atoms with Crippen molar-refractivity contribution in [3.05, 3.63) is 23.8 Å². The molecule has 0 saturated carbocycles. The molecule has 0 saturated heterocycles. The molecule has 0 fully saturated rings. The average Bonchev–Trinajstić information content (AvgIpc) is 2.51. The summed E-state index contributed by atoms with van der Waals surface area (Å²) in [7, 11) is 3.27. The van der Waals surface area contributed by atoms with Gasteiger partial charge in [-0.05, 0) is 44.4 Å². The molecule has 1 aromatic rings. The maximum atomic E-state index is 10.3. The standard InChI is InChI=1S/C20H35NO4/c1-15(2)11-21(13-17(22)14-25-20(3,4)5)12-16-8-9-18(23-6)19(10-16)24-7/h8-10,15,17,22H,11-14H2,1-7H3. The number of aliphatic hydroxyl groups is 1. The Hall–Kier alpha value is -1.30. The molecule has 1 N–H and O–H groups in total. The lowest BCUT2D eigenvalue weighted by atomic mass is 10.1. The highest BCUT2D eigenvalue weighted by molar-refractivity contribution is 5.42. The predicted molar refractivity (Wildman–Crippen MR) is 101 cm³/mol. The Morgan fingerprint density at radius 3 is 2.20 bits per heavy atom. The van der Waals surface area contributed by atoms with E-state index in [1.165, 1.54) is 0 Å². The Balaban J connectivity index is 2.75. The van der Waals surface area contributed by atoms with Gasteiger partial charge in [0, 0.05) is 19.6 Å². The van der Waals surface area contributed by atoms with Crippen molar-refractivity contribution in [2.75, 3.05) is 33.9 Å². The third-order valence-corrected chi connectivity index (χ3v) is 3.66. The van der Waals surface area contributed by atoms with Gasteiger partial charge in [0.15, 0.2) is 11.5 Å². The van der Waals surface area contributed by atoms with Gasteiger partial charge in [-0.1, -0.05) is 19.9 Å². The SMILES string of the molecule is COc1ccc(CN(CC(C)C)CC(O)COC(C)(C)C)cc1OC. The summed E-state index contributed by atoms with van der Waals surface area (Å²) in [5.74, 6) is 1.96. The Kier molecular flexibility index (Phi) is 8.69. The molecule has 5 heteroatoms. The lowest BCUT2D eigenvalue weighted by Crippen LogP contribution is -2.38. The molecule has 25 heavy (non-hydrogen) atoms. The highest BCUT2D eigenvalue weighted by Gasteiger charge is 2.18. The number of benzene rings is 1. The third-order valence-electron chi connectivity index (χ3n) is 3.66. The van der Waals surface area contributed by atoms with Crippen molar-refractivity contribution < 1.29 is 19.3 Å². The third kappa shape index (κ3) is 8.56. The van der Waals surface area contributed by atoms with Gasteiger partial charge in [0.1, 0.15) is 0 Å². The predicted octanol–water partition coefficient (Wildman–Crippen LogP) is 3.34. The largest absolute Gasteiger partial charge is 0.493 e. The van der Waals surface area contributed by atoms with E-state index in [1.54, 1.807) is 14.2 Å². The molecule has 5 nitrogen and oxygen atoms in total. The minimum Gasteiger partial charge on any atom is -0.493 e. The summed E-state index contributed by atoms with van der Waals surface area (Å²) in [5.41, 5.74) is 0.884. The Morgan fingerprint density at radius 1 is 1.04 bits per heavy atom. The zero-order valence-corrected chi connectivity index (χ0v) is 16.8. The summed E-state index contributed by atoms with van der Waals surface area (Å²) >= 11 is 0. The van der Waals surface area contributed by atoms with Crippen LogP contribution < -0.4 is 9.47 Å². The molecule has 0 aromatic heterocycles. The van der Waals surface area contributed by atoms with Crippen LogP contribution in [0.1, 0.15) is 40.2 Å². The van der Waals surface area contributed by atoms with Crippen molar-refractivity contribution >= 4 is 0 Å². The van der Waals surface area contributed by atoms with E-state index in [1.807, 2.05) is 39.0 Å². The van der Waals surface area contributed by atoms with Crippen molar-refractivity contribution in [1.82, 2.24) is 4.90 Å². The molecule has 1 unspecified atom stereocenters. The first kappa shape index (κ1) is 21.7. The van der Waals surface area contributed by atoms with Crippen LogP contribution in [0.3, 0.4) is 0 Å². The first-order chi connectivity index (χ1) is 11.6. The molecule has 1 aromatic carbocycles. The number of ether oxygens (including phenoxy) is 3. The minimum absolute atomic E-state index is 0.243. The molecular formula is C20H35NO4. The number of hydrogen-bond acceptors (Lipinski definition) is 5. The number of aliphatic hydroxyl groups excluding tert-OH is 1. The molecule has 0 amide bonds. The molecule has 1 atom stereocenters. The molecule has 1 rings (SSSR count). The summed E-state index contributed by atoms with van der Waals surface area (Å²) in [4.78, 5) is 2.25. The second-order valence-electron chi connectivity index (χ2n) is 7.85. The molecule has 0 aliphatic heterocycles. The maximum Gasteiger partial charge on any atom is 0.161 e. The minimum atomic E-state index is -0.516. The maximum absolute atomic E-state index is 10.3. The van der Waals surface area contributed by atoms with E-state index in [2.05, 4.69) is 18.7 Å². The van der Waals surface area contributed by atoms with Crippen molar-refractivity contribution in [1.29, 1.82) is 0 Å². The summed E-state index contributed by atoms with van der Waals surface area (Å²) in [6.07, 6.45) is -0.516. The molecular weight excluding hydrogens is 318 g/mol. The quantitative estimate of drug-likeness (QED) is 0.699. The molecule has 0 aliphatic carbocycles. The van der Waals surface area contributed by atoms with Crippen LogP contribution in [0.2, 0.25) is 0 Å². The van der Waals surface area contributed by atoms with Crippen molar-refractivity contribution in [2.24, 2.45) is 5.92 Å². The van der Waals surface area contributed by atoms with Crippen LogP contribution in [0.5, 0.6) is 11.5 Å². The molecule has 144 valence electrons. The fourth-order valence-corrected chi connectivity index (χ4v) is 2.65. The highest BCUT2D eigenvalue weighted by atomic mass is 16.5. The van der Waals surface area contributed by atoms with Gasteiger partial charge in [0.25, 0.3) is 0 Å². The van der Waals surface area contributed by atoms with Gasteiger partial charge in [-0.3, -0.25) is 4.90 Å². The molecule has 0 aliphatic rings. The van der Waals surface area contributed by atoms with E-state index in [4.69, 9.17) is 14.2 Å². The summed E-state index contributed by atoms with van der Waals surface area (Å²) < 4.78 is 16.4. The van der Waals surface area contributed by atoms with Gasteiger partial charge in [-0.25, -0.2) is 0 Å². The zero-order chi connectivity index (χ0) is 19.0. The normalized spacial score (nSPS) is 13.4. The fourth-order valence-electron chi connectivity index (χ4n) is 2.65. The van der Waals surface area contributed by atoms with Gasteiger partial charge >= 0.3 is 0 Å². The van der Waals surface area contributed by atoms with E-state index < -0.39 is 6.10 Å². The second kappa shape index (κ2) is 10.00. The Morgan fingerprint density at radius 2 is 1.68 bits per heavy atom. The summed E-state index contributed by atoms with van der Waals surface area (Å²) in [6.45, 7) is 12.9. The van der Waals surface area contributed by atoms with Gasteiger partial charge in [-0.15, -0.1) is 0 Å². The first-order valence-corrected chi connectivity index (χ1v) is 8.90. The van der Waals surface area contributed by atoms with Gasteiger partial charge in [-0.2, -0.15) is 0 Å². The fraction of sp³-hybridized carbons (Fsp3) is 0.700. The molecule has 0 bridgehead atoms. The van der Waals surface area contributed by atoms with Crippen molar-refractivity contribution in [2.45, 2.75) is 52.9 Å². The number of rotatable bonds is 10. The van der Waals surface area contributed by atoms with Gasteiger partial charge in [0.2, 0.25) is 0 Å². The van der Waals surface area contributed by atoms with E-state index in [9.17, 15) is 5.11 Å². The summed E-state index contributed by atoms with van der Waals surface area (Å²) in [5, 5.41) is 10.3. The van der Waals surface area contributed by atoms with Crippen molar-refractivity contribution in [3.63, 3.8) is 0 Å². The van der Waals surface area contributed by atoms with Crippen LogP contribution in [-0.2, 0) is 11.3 Å². The van der Waals surface area contributed by atoms with Crippen LogP contribution in [0.15, 0.2) is 18.2 Å². The Bertz CT molecular complexity index is 511. The Labute approximate surface area is 152 Å². The molecule has 0 radical (unpaired) electrons. The van der Waals surface area contributed by atoms with Gasteiger partial charge in [0.05, 0.1) is 32.5 Å². The first-order valence-electron chi connectivity index (χ1n) is 8.90. The van der Waals surface area contributed by atoms with E-state index in [0.29, 0.717) is 19.1 Å². The van der Waals surface area contributed by atoms with Crippen LogP contribution in [-0.4, -0.2) is 55.6 Å². The second-order valence-corrected chi connectivity index (χ2v) is 7.85. The smallest absolute Gasteiger partial charge is 0.161 e. The van der Waals surface area contributed by atoms with Crippen LogP contribution in [0.4, 0.5) is 0 Å². The monoisotopic (exact) mass is 353 g/mol. The lowest BCUT2D eigenvalue weighted by Gasteiger charge is -2.28. The topological polar surface area (TPSA) is 51.2 Å². The average molecular weight is 354 g/mol. The lowest BCUT2D eigenvalue weighted by molar-refractivity contribution is -0.0573. The van der Waals surface area contributed by atoms with Crippen LogP contribution in [0.25, 0.3) is 0 Å². The zero-order valence-electron chi connectivity index (χ0n) is 16.8. The van der Waals surface area contributed by atoms with Crippen LogP contribution in [0, 0.1) is 5.92 Å². The highest BCUT2D eigenvalue weighted by Crippen LogP contribution is 2.28.